The number of rotatable bonds is 6. The molecule has 0 saturated carbocycles. The van der Waals surface area contributed by atoms with Crippen LogP contribution in [0, 0.1) is 5.82 Å². The Morgan fingerprint density at radius 3 is 2.57 bits per heavy atom. The molecule has 0 spiro atoms. The van der Waals surface area contributed by atoms with E-state index in [1.807, 2.05) is 39.0 Å². The molecule has 0 aliphatic carbocycles. The molecule has 1 aliphatic heterocycles. The smallest absolute Gasteiger partial charge is 0.261 e. The summed E-state index contributed by atoms with van der Waals surface area (Å²) < 4.78 is 30.2. The summed E-state index contributed by atoms with van der Waals surface area (Å²) in [4.78, 5) is 12.9. The van der Waals surface area contributed by atoms with Crippen molar-refractivity contribution in [2.45, 2.75) is 51.4 Å². The van der Waals surface area contributed by atoms with Crippen LogP contribution in [0.15, 0.2) is 42.5 Å². The number of carbonyl (C=O) groups excluding carboxylic acids is 1. The molecule has 3 rings (SSSR count). The molecule has 1 heterocycles. The summed E-state index contributed by atoms with van der Waals surface area (Å²) in [6, 6.07) is 11.1. The molecule has 1 aliphatic rings. The predicted molar refractivity (Wildman–Crippen MR) is 104 cm³/mol. The van der Waals surface area contributed by atoms with Gasteiger partial charge in [-0.25, -0.2) is 4.39 Å². The molecule has 150 valence electrons. The van der Waals surface area contributed by atoms with Gasteiger partial charge in [0.05, 0.1) is 13.2 Å². The fraction of sp³-hybridized carbons (Fsp3) is 0.409. The van der Waals surface area contributed by atoms with Crippen molar-refractivity contribution in [3.05, 3.63) is 53.8 Å². The van der Waals surface area contributed by atoms with E-state index in [1.54, 1.807) is 7.11 Å². The van der Waals surface area contributed by atoms with Gasteiger partial charge in [0.25, 0.3) is 5.91 Å². The van der Waals surface area contributed by atoms with Crippen LogP contribution in [0.25, 0.3) is 0 Å². The van der Waals surface area contributed by atoms with Crippen molar-refractivity contribution in [2.75, 3.05) is 7.11 Å². The lowest BCUT2D eigenvalue weighted by Crippen LogP contribution is -2.45. The average Bonchev–Trinajstić information content (AvgIpc) is 2.66. The molecule has 5 nitrogen and oxygen atoms in total. The quantitative estimate of drug-likeness (QED) is 0.798. The van der Waals surface area contributed by atoms with E-state index in [4.69, 9.17) is 14.2 Å². The van der Waals surface area contributed by atoms with Gasteiger partial charge in [0, 0.05) is 18.1 Å². The van der Waals surface area contributed by atoms with Crippen LogP contribution in [-0.4, -0.2) is 24.7 Å². The Balaban J connectivity index is 1.77. The number of halogens is 1. The molecule has 0 radical (unpaired) electrons. The van der Waals surface area contributed by atoms with Gasteiger partial charge in [-0.1, -0.05) is 6.92 Å². The first-order valence-corrected chi connectivity index (χ1v) is 9.41. The van der Waals surface area contributed by atoms with Crippen LogP contribution in [0.2, 0.25) is 0 Å². The summed E-state index contributed by atoms with van der Waals surface area (Å²) in [6.07, 6.45) is 0.453. The van der Waals surface area contributed by atoms with Crippen molar-refractivity contribution in [3.63, 3.8) is 0 Å². The SMILES string of the molecule is CC[C@@H](Oc1ccc(F)cc1)C(=O)N[C@H]1CC(C)(C)Oc2cc(OC)ccc21. The first kappa shape index (κ1) is 20.0. The highest BCUT2D eigenvalue weighted by Gasteiger charge is 2.36. The van der Waals surface area contributed by atoms with Crippen LogP contribution < -0.4 is 19.5 Å². The number of hydrogen-bond acceptors (Lipinski definition) is 4. The fourth-order valence-electron chi connectivity index (χ4n) is 3.35. The van der Waals surface area contributed by atoms with Crippen LogP contribution in [0.3, 0.4) is 0 Å². The van der Waals surface area contributed by atoms with E-state index in [-0.39, 0.29) is 17.8 Å². The normalized spacial score (nSPS) is 18.4. The third-order valence-electron chi connectivity index (χ3n) is 4.75. The minimum atomic E-state index is -0.668. The molecule has 1 N–H and O–H groups in total. The number of ether oxygens (including phenoxy) is 3. The maximum absolute atomic E-state index is 13.1. The van der Waals surface area contributed by atoms with E-state index in [0.717, 1.165) is 5.56 Å². The summed E-state index contributed by atoms with van der Waals surface area (Å²) >= 11 is 0. The van der Waals surface area contributed by atoms with E-state index < -0.39 is 11.7 Å². The molecule has 0 saturated heterocycles. The maximum Gasteiger partial charge on any atom is 0.261 e. The lowest BCUT2D eigenvalue weighted by atomic mass is 9.89. The van der Waals surface area contributed by atoms with Gasteiger partial charge in [0.2, 0.25) is 0 Å². The molecule has 2 aromatic carbocycles. The van der Waals surface area contributed by atoms with Crippen LogP contribution in [-0.2, 0) is 4.79 Å². The van der Waals surface area contributed by atoms with Gasteiger partial charge in [-0.05, 0) is 56.7 Å². The highest BCUT2D eigenvalue weighted by Crippen LogP contribution is 2.41. The third-order valence-corrected chi connectivity index (χ3v) is 4.75. The molecule has 28 heavy (non-hydrogen) atoms. The Morgan fingerprint density at radius 2 is 1.93 bits per heavy atom. The van der Waals surface area contributed by atoms with Gasteiger partial charge in [-0.3, -0.25) is 4.79 Å². The largest absolute Gasteiger partial charge is 0.497 e. The number of benzene rings is 2. The monoisotopic (exact) mass is 387 g/mol. The second-order valence-corrected chi connectivity index (χ2v) is 7.50. The molecule has 6 heteroatoms. The van der Waals surface area contributed by atoms with E-state index in [9.17, 15) is 9.18 Å². The number of carbonyl (C=O) groups is 1. The van der Waals surface area contributed by atoms with Crippen molar-refractivity contribution >= 4 is 5.91 Å². The minimum absolute atomic E-state index is 0.206. The van der Waals surface area contributed by atoms with E-state index >= 15 is 0 Å². The Bertz CT molecular complexity index is 835. The van der Waals surface area contributed by atoms with Crippen molar-refractivity contribution in [1.29, 1.82) is 0 Å². The highest BCUT2D eigenvalue weighted by molar-refractivity contribution is 5.81. The minimum Gasteiger partial charge on any atom is -0.497 e. The molecular weight excluding hydrogens is 361 g/mol. The first-order valence-electron chi connectivity index (χ1n) is 9.41. The molecule has 2 aromatic rings. The molecule has 0 fully saturated rings. The zero-order valence-corrected chi connectivity index (χ0v) is 16.6. The topological polar surface area (TPSA) is 56.8 Å². The van der Waals surface area contributed by atoms with Crippen molar-refractivity contribution < 1.29 is 23.4 Å². The van der Waals surface area contributed by atoms with Crippen molar-refractivity contribution in [3.8, 4) is 17.2 Å². The van der Waals surface area contributed by atoms with Gasteiger partial charge in [-0.2, -0.15) is 0 Å². The zero-order chi connectivity index (χ0) is 20.3. The van der Waals surface area contributed by atoms with Gasteiger partial charge >= 0.3 is 0 Å². The Kier molecular flexibility index (Phi) is 5.77. The Morgan fingerprint density at radius 1 is 1.25 bits per heavy atom. The highest BCUT2D eigenvalue weighted by atomic mass is 19.1. The molecule has 1 amide bonds. The maximum atomic E-state index is 13.1. The molecule has 2 atom stereocenters. The molecule has 0 unspecified atom stereocenters. The standard InChI is InChI=1S/C22H26FNO4/c1-5-19(27-15-8-6-14(23)7-9-15)21(25)24-18-13-22(2,3)28-20-12-16(26-4)10-11-17(18)20/h6-12,18-19H,5,13H2,1-4H3,(H,24,25)/t18-,19+/m0/s1. The second kappa shape index (κ2) is 8.09. The lowest BCUT2D eigenvalue weighted by Gasteiger charge is -2.38. The third kappa shape index (κ3) is 4.55. The summed E-state index contributed by atoms with van der Waals surface area (Å²) in [5.41, 5.74) is 0.474. The second-order valence-electron chi connectivity index (χ2n) is 7.50. The number of hydrogen-bond donors (Lipinski definition) is 1. The van der Waals surface area contributed by atoms with Crippen molar-refractivity contribution in [2.24, 2.45) is 0 Å². The van der Waals surface area contributed by atoms with Gasteiger partial charge in [-0.15, -0.1) is 0 Å². The number of amides is 1. The van der Waals surface area contributed by atoms with E-state index in [0.29, 0.717) is 30.1 Å². The van der Waals surface area contributed by atoms with Crippen molar-refractivity contribution in [1.82, 2.24) is 5.32 Å². The summed E-state index contributed by atoms with van der Waals surface area (Å²) in [6.45, 7) is 5.85. The predicted octanol–water partition coefficient (Wildman–Crippen LogP) is 4.41. The zero-order valence-electron chi connectivity index (χ0n) is 16.6. The van der Waals surface area contributed by atoms with Gasteiger partial charge in [0.15, 0.2) is 6.10 Å². The van der Waals surface area contributed by atoms with Gasteiger partial charge < -0.3 is 19.5 Å². The van der Waals surface area contributed by atoms with Crippen LogP contribution in [0.5, 0.6) is 17.2 Å². The van der Waals surface area contributed by atoms with E-state index in [1.165, 1.54) is 24.3 Å². The first-order chi connectivity index (χ1) is 13.3. The Hall–Kier alpha value is -2.76. The molecule has 0 aromatic heterocycles. The molecular formula is C22H26FNO4. The summed E-state index contributed by atoms with van der Waals surface area (Å²) in [5.74, 6) is 1.31. The van der Waals surface area contributed by atoms with Crippen LogP contribution in [0.4, 0.5) is 4.39 Å². The average molecular weight is 387 g/mol. The number of nitrogens with one attached hydrogen (secondary N) is 1. The summed E-state index contributed by atoms with van der Waals surface area (Å²) in [5, 5.41) is 3.09. The van der Waals surface area contributed by atoms with Crippen LogP contribution in [0.1, 0.15) is 45.2 Å². The fourth-order valence-corrected chi connectivity index (χ4v) is 3.35. The molecule has 0 bridgehead atoms. The van der Waals surface area contributed by atoms with Gasteiger partial charge in [0.1, 0.15) is 28.7 Å². The summed E-state index contributed by atoms with van der Waals surface area (Å²) in [7, 11) is 1.60. The van der Waals surface area contributed by atoms with Crippen LogP contribution >= 0.6 is 0 Å². The lowest BCUT2D eigenvalue weighted by molar-refractivity contribution is -0.129. The van der Waals surface area contributed by atoms with E-state index in [2.05, 4.69) is 5.32 Å². The number of methoxy groups -OCH3 is 1. The number of fused-ring (bicyclic) bond motifs is 1. The Labute approximate surface area is 164 Å².